The van der Waals surface area contributed by atoms with Gasteiger partial charge in [0.15, 0.2) is 0 Å². The van der Waals surface area contributed by atoms with E-state index in [1.165, 1.54) is 22.3 Å². The molecule has 2 nitrogen and oxygen atoms in total. The molecule has 4 N–H and O–H groups in total. The normalized spacial score (nSPS) is 9.85. The topological polar surface area (TPSA) is 52.0 Å². The Morgan fingerprint density at radius 1 is 0.346 bits per heavy atom. The van der Waals surface area contributed by atoms with Crippen molar-refractivity contribution in [2.75, 3.05) is 11.5 Å². The monoisotopic (exact) mass is 338 g/mol. The van der Waals surface area contributed by atoms with Crippen LogP contribution >= 0.6 is 0 Å². The van der Waals surface area contributed by atoms with E-state index in [9.17, 15) is 0 Å². The first-order valence-electron chi connectivity index (χ1n) is 8.54. The molecule has 0 saturated carbocycles. The van der Waals surface area contributed by atoms with Gasteiger partial charge in [0, 0.05) is 11.4 Å². The second-order valence-electron chi connectivity index (χ2n) is 5.98. The van der Waals surface area contributed by atoms with Crippen LogP contribution in [0.4, 0.5) is 11.4 Å². The molecule has 0 aliphatic carbocycles. The third-order valence-electron chi connectivity index (χ3n) is 4.01. The van der Waals surface area contributed by atoms with Crippen molar-refractivity contribution < 1.29 is 0 Å². The Hall–Kier alpha value is -3.52. The van der Waals surface area contributed by atoms with Crippen LogP contribution in [0.25, 0.3) is 22.3 Å². The van der Waals surface area contributed by atoms with Gasteiger partial charge >= 0.3 is 0 Å². The number of hydrogen-bond donors (Lipinski definition) is 2. The van der Waals surface area contributed by atoms with Crippen LogP contribution in [0.2, 0.25) is 0 Å². The van der Waals surface area contributed by atoms with E-state index in [2.05, 4.69) is 30.3 Å². The summed E-state index contributed by atoms with van der Waals surface area (Å²) in [4.78, 5) is 0. The lowest BCUT2D eigenvalue weighted by atomic mass is 10.1. The number of anilines is 2. The zero-order valence-corrected chi connectivity index (χ0v) is 14.5. The van der Waals surface area contributed by atoms with Crippen molar-refractivity contribution in [2.24, 2.45) is 0 Å². The Balaban J connectivity index is 0.000000151. The molecule has 0 unspecified atom stereocenters. The van der Waals surface area contributed by atoms with Crippen molar-refractivity contribution in [3.05, 3.63) is 109 Å². The molecular weight excluding hydrogens is 316 g/mol. The fourth-order valence-corrected chi connectivity index (χ4v) is 2.66. The molecule has 4 rings (SSSR count). The van der Waals surface area contributed by atoms with Gasteiger partial charge < -0.3 is 11.5 Å². The van der Waals surface area contributed by atoms with Gasteiger partial charge in [0.05, 0.1) is 0 Å². The quantitative estimate of drug-likeness (QED) is 0.449. The lowest BCUT2D eigenvalue weighted by Crippen LogP contribution is -1.84. The summed E-state index contributed by atoms with van der Waals surface area (Å²) in [6, 6.07) is 36.3. The number of rotatable bonds is 2. The van der Waals surface area contributed by atoms with E-state index >= 15 is 0 Å². The van der Waals surface area contributed by atoms with Crippen molar-refractivity contribution in [3.63, 3.8) is 0 Å². The Kier molecular flexibility index (Phi) is 5.69. The Labute approximate surface area is 154 Å². The fourth-order valence-electron chi connectivity index (χ4n) is 2.66. The van der Waals surface area contributed by atoms with Gasteiger partial charge in [-0.2, -0.15) is 0 Å². The van der Waals surface area contributed by atoms with Gasteiger partial charge in [-0.25, -0.2) is 0 Å². The van der Waals surface area contributed by atoms with Gasteiger partial charge in [-0.3, -0.25) is 0 Å². The molecule has 0 amide bonds. The average Bonchev–Trinajstić information content (AvgIpc) is 2.70. The minimum absolute atomic E-state index is 0.805. The van der Waals surface area contributed by atoms with Crippen molar-refractivity contribution in [2.45, 2.75) is 0 Å². The number of nitrogen functional groups attached to an aromatic ring is 2. The van der Waals surface area contributed by atoms with Crippen LogP contribution in [0, 0.1) is 0 Å². The molecule has 4 aromatic carbocycles. The summed E-state index contributed by atoms with van der Waals surface area (Å²) in [7, 11) is 0. The summed E-state index contributed by atoms with van der Waals surface area (Å²) < 4.78 is 0. The largest absolute Gasteiger partial charge is 0.399 e. The van der Waals surface area contributed by atoms with Gasteiger partial charge in [0.25, 0.3) is 0 Å². The number of hydrogen-bond acceptors (Lipinski definition) is 2. The Morgan fingerprint density at radius 3 is 1.35 bits per heavy atom. The lowest BCUT2D eigenvalue weighted by Gasteiger charge is -2.01. The number of benzene rings is 4. The maximum Gasteiger partial charge on any atom is 0.0320 e. The molecular formula is C24H22N2. The minimum Gasteiger partial charge on any atom is -0.399 e. The van der Waals surface area contributed by atoms with Gasteiger partial charge in [-0.1, -0.05) is 84.9 Å². The van der Waals surface area contributed by atoms with Crippen LogP contribution in [0.5, 0.6) is 0 Å². The van der Waals surface area contributed by atoms with E-state index in [1.54, 1.807) is 0 Å². The minimum atomic E-state index is 0.805. The summed E-state index contributed by atoms with van der Waals surface area (Å²) in [6.45, 7) is 0. The summed E-state index contributed by atoms with van der Waals surface area (Å²) in [5.74, 6) is 0. The van der Waals surface area contributed by atoms with E-state index in [0.717, 1.165) is 11.4 Å². The molecule has 128 valence electrons. The summed E-state index contributed by atoms with van der Waals surface area (Å²) in [5, 5.41) is 0. The summed E-state index contributed by atoms with van der Waals surface area (Å²) in [6.07, 6.45) is 0. The molecule has 0 fully saturated rings. The van der Waals surface area contributed by atoms with E-state index in [0.29, 0.717) is 0 Å². The maximum absolute atomic E-state index is 5.70. The fraction of sp³-hybridized carbons (Fsp3) is 0. The van der Waals surface area contributed by atoms with Crippen LogP contribution in [-0.2, 0) is 0 Å². The van der Waals surface area contributed by atoms with Gasteiger partial charge in [0.2, 0.25) is 0 Å². The second kappa shape index (κ2) is 8.54. The maximum atomic E-state index is 5.70. The van der Waals surface area contributed by atoms with Gasteiger partial charge in [-0.05, 0) is 46.5 Å². The molecule has 0 atom stereocenters. The smallest absolute Gasteiger partial charge is 0.0320 e. The van der Waals surface area contributed by atoms with Crippen molar-refractivity contribution in [3.8, 4) is 22.3 Å². The first-order valence-corrected chi connectivity index (χ1v) is 8.54. The van der Waals surface area contributed by atoms with E-state index in [4.69, 9.17) is 11.5 Å². The molecule has 2 heteroatoms. The number of nitrogens with two attached hydrogens (primary N) is 2. The SMILES string of the molecule is Nc1ccc(-c2ccccc2)cc1.Nc1cccc(-c2ccccc2)c1. The zero-order valence-electron chi connectivity index (χ0n) is 14.5. The highest BCUT2D eigenvalue weighted by Gasteiger charge is 1.95. The van der Waals surface area contributed by atoms with E-state index in [1.807, 2.05) is 78.9 Å². The highest BCUT2D eigenvalue weighted by atomic mass is 14.5. The first kappa shape index (κ1) is 17.3. The van der Waals surface area contributed by atoms with Crippen LogP contribution in [0.15, 0.2) is 109 Å². The Morgan fingerprint density at radius 2 is 0.808 bits per heavy atom. The highest BCUT2D eigenvalue weighted by Crippen LogP contribution is 2.21. The molecule has 0 bridgehead atoms. The molecule has 4 aromatic rings. The molecule has 0 aromatic heterocycles. The molecule has 0 heterocycles. The molecule has 0 radical (unpaired) electrons. The summed E-state index contributed by atoms with van der Waals surface area (Å²) in [5.41, 5.74) is 17.7. The molecule has 0 spiro atoms. The van der Waals surface area contributed by atoms with Crippen LogP contribution in [-0.4, -0.2) is 0 Å². The first-order chi connectivity index (χ1) is 12.7. The molecule has 0 aliphatic heterocycles. The van der Waals surface area contributed by atoms with Gasteiger partial charge in [0.1, 0.15) is 0 Å². The van der Waals surface area contributed by atoms with Crippen LogP contribution in [0.1, 0.15) is 0 Å². The zero-order chi connectivity index (χ0) is 18.2. The van der Waals surface area contributed by atoms with E-state index in [-0.39, 0.29) is 0 Å². The molecule has 0 saturated heterocycles. The van der Waals surface area contributed by atoms with Crippen molar-refractivity contribution in [1.29, 1.82) is 0 Å². The highest BCUT2D eigenvalue weighted by molar-refractivity contribution is 5.67. The predicted molar refractivity (Wildman–Crippen MR) is 113 cm³/mol. The van der Waals surface area contributed by atoms with Crippen molar-refractivity contribution >= 4 is 11.4 Å². The predicted octanol–water partition coefficient (Wildman–Crippen LogP) is 5.87. The van der Waals surface area contributed by atoms with Crippen LogP contribution in [0.3, 0.4) is 0 Å². The lowest BCUT2D eigenvalue weighted by molar-refractivity contribution is 1.61. The Bertz CT molecular complexity index is 931. The van der Waals surface area contributed by atoms with Crippen molar-refractivity contribution in [1.82, 2.24) is 0 Å². The van der Waals surface area contributed by atoms with Crippen LogP contribution < -0.4 is 11.5 Å². The molecule has 0 aliphatic rings. The van der Waals surface area contributed by atoms with Gasteiger partial charge in [-0.15, -0.1) is 0 Å². The second-order valence-corrected chi connectivity index (χ2v) is 5.98. The third-order valence-corrected chi connectivity index (χ3v) is 4.01. The summed E-state index contributed by atoms with van der Waals surface area (Å²) >= 11 is 0. The van der Waals surface area contributed by atoms with E-state index < -0.39 is 0 Å². The third kappa shape index (κ3) is 4.74. The average molecular weight is 338 g/mol. The standard InChI is InChI=1S/2C12H11N/c13-12-8-4-7-11(9-12)10-5-2-1-3-6-10;13-12-8-6-11(7-9-12)10-4-2-1-3-5-10/h2*1-9H,13H2. The molecule has 26 heavy (non-hydrogen) atoms.